The minimum Gasteiger partial charge on any atom is -0.392 e. The van der Waals surface area contributed by atoms with E-state index in [9.17, 15) is 4.39 Å². The van der Waals surface area contributed by atoms with Gasteiger partial charge in [-0.2, -0.15) is 0 Å². The Labute approximate surface area is 99.7 Å². The van der Waals surface area contributed by atoms with Crippen molar-refractivity contribution >= 4 is 17.3 Å². The Hall–Kier alpha value is -1.20. The van der Waals surface area contributed by atoms with Gasteiger partial charge in [-0.1, -0.05) is 12.1 Å². The molecule has 5 heteroatoms. The Morgan fingerprint density at radius 3 is 2.56 bits per heavy atom. The van der Waals surface area contributed by atoms with Gasteiger partial charge in [-0.15, -0.1) is 0 Å². The molecule has 16 heavy (non-hydrogen) atoms. The van der Waals surface area contributed by atoms with Gasteiger partial charge in [0.2, 0.25) is 0 Å². The first kappa shape index (κ1) is 12.9. The summed E-state index contributed by atoms with van der Waals surface area (Å²) in [5, 5.41) is 15.3. The molecule has 88 valence electrons. The van der Waals surface area contributed by atoms with Gasteiger partial charge in [-0.25, -0.2) is 4.39 Å². The molecule has 0 saturated carbocycles. The summed E-state index contributed by atoms with van der Waals surface area (Å²) in [5.41, 5.74) is 0.947. The van der Waals surface area contributed by atoms with Gasteiger partial charge in [-0.05, 0) is 36.8 Å². The molecule has 0 heterocycles. The van der Waals surface area contributed by atoms with Crippen molar-refractivity contribution < 1.29 is 9.50 Å². The van der Waals surface area contributed by atoms with Crippen molar-refractivity contribution in [3.63, 3.8) is 0 Å². The number of halogens is 1. The van der Waals surface area contributed by atoms with Crippen LogP contribution in [0.15, 0.2) is 24.3 Å². The number of aliphatic hydroxyl groups excluding tert-OH is 1. The average molecular weight is 242 g/mol. The van der Waals surface area contributed by atoms with Gasteiger partial charge < -0.3 is 15.7 Å². The Morgan fingerprint density at radius 2 is 2.00 bits per heavy atom. The third-order valence-electron chi connectivity index (χ3n) is 1.92. The van der Waals surface area contributed by atoms with E-state index in [0.29, 0.717) is 18.2 Å². The van der Waals surface area contributed by atoms with E-state index in [-0.39, 0.29) is 5.82 Å². The standard InChI is InChI=1S/C11H15FN2OS/c1-8(15)6-13-11(16)14-7-9-2-4-10(12)5-3-9/h2-5,8,15H,6-7H2,1H3,(H2,13,14,16)/t8-/m1/s1. The van der Waals surface area contributed by atoms with Gasteiger partial charge in [0.1, 0.15) is 5.82 Å². The van der Waals surface area contributed by atoms with Crippen LogP contribution in [-0.4, -0.2) is 22.9 Å². The Morgan fingerprint density at radius 1 is 1.38 bits per heavy atom. The molecule has 0 aromatic heterocycles. The maximum absolute atomic E-state index is 12.6. The second-order valence-electron chi connectivity index (χ2n) is 3.54. The molecule has 0 amide bonds. The third kappa shape index (κ3) is 5.04. The van der Waals surface area contributed by atoms with Crippen molar-refractivity contribution in [3.8, 4) is 0 Å². The van der Waals surface area contributed by atoms with Gasteiger partial charge in [0.05, 0.1) is 6.10 Å². The lowest BCUT2D eigenvalue weighted by atomic mass is 10.2. The molecule has 0 radical (unpaired) electrons. The van der Waals surface area contributed by atoms with Crippen molar-refractivity contribution in [1.29, 1.82) is 0 Å². The normalized spacial score (nSPS) is 11.9. The summed E-state index contributed by atoms with van der Waals surface area (Å²) in [7, 11) is 0. The predicted molar refractivity (Wildman–Crippen MR) is 65.5 cm³/mol. The van der Waals surface area contributed by atoms with Crippen molar-refractivity contribution in [2.75, 3.05) is 6.54 Å². The molecule has 0 fully saturated rings. The number of hydrogen-bond acceptors (Lipinski definition) is 2. The van der Waals surface area contributed by atoms with Gasteiger partial charge in [0.15, 0.2) is 5.11 Å². The highest BCUT2D eigenvalue weighted by atomic mass is 32.1. The summed E-state index contributed by atoms with van der Waals surface area (Å²) in [6.45, 7) is 2.62. The molecule has 1 aromatic carbocycles. The highest BCUT2D eigenvalue weighted by Crippen LogP contribution is 2.01. The third-order valence-corrected chi connectivity index (χ3v) is 2.21. The van der Waals surface area contributed by atoms with E-state index >= 15 is 0 Å². The first-order chi connectivity index (χ1) is 7.58. The van der Waals surface area contributed by atoms with Crippen molar-refractivity contribution in [2.45, 2.75) is 19.6 Å². The molecule has 0 saturated heterocycles. The van der Waals surface area contributed by atoms with Crippen LogP contribution < -0.4 is 10.6 Å². The zero-order valence-electron chi connectivity index (χ0n) is 9.03. The number of rotatable bonds is 4. The molecule has 0 spiro atoms. The van der Waals surface area contributed by atoms with Crippen LogP contribution in [0.5, 0.6) is 0 Å². The maximum atomic E-state index is 12.6. The van der Waals surface area contributed by atoms with Crippen LogP contribution in [0.3, 0.4) is 0 Å². The van der Waals surface area contributed by atoms with E-state index in [1.165, 1.54) is 12.1 Å². The van der Waals surface area contributed by atoms with E-state index in [1.54, 1.807) is 19.1 Å². The van der Waals surface area contributed by atoms with E-state index in [1.807, 2.05) is 0 Å². The van der Waals surface area contributed by atoms with Gasteiger partial charge >= 0.3 is 0 Å². The number of aliphatic hydroxyl groups is 1. The minimum absolute atomic E-state index is 0.251. The lowest BCUT2D eigenvalue weighted by Crippen LogP contribution is -2.38. The van der Waals surface area contributed by atoms with Crippen LogP contribution in [0, 0.1) is 5.82 Å². The summed E-state index contributed by atoms with van der Waals surface area (Å²) in [6.07, 6.45) is -0.439. The summed E-state index contributed by atoms with van der Waals surface area (Å²) in [6, 6.07) is 6.20. The molecule has 0 bridgehead atoms. The zero-order valence-corrected chi connectivity index (χ0v) is 9.85. The quantitative estimate of drug-likeness (QED) is 0.694. The molecule has 1 rings (SSSR count). The predicted octanol–water partition coefficient (Wildman–Crippen LogP) is 1.17. The molecule has 0 unspecified atom stereocenters. The Bertz CT molecular complexity index is 340. The molecular weight excluding hydrogens is 227 g/mol. The summed E-state index contributed by atoms with van der Waals surface area (Å²) >= 11 is 4.99. The van der Waals surface area contributed by atoms with Crippen LogP contribution >= 0.6 is 12.2 Å². The first-order valence-electron chi connectivity index (χ1n) is 5.02. The molecular formula is C11H15FN2OS. The van der Waals surface area contributed by atoms with Crippen molar-refractivity contribution in [3.05, 3.63) is 35.6 Å². The van der Waals surface area contributed by atoms with Gasteiger partial charge in [-0.3, -0.25) is 0 Å². The number of nitrogens with one attached hydrogen (secondary N) is 2. The fraction of sp³-hybridized carbons (Fsp3) is 0.364. The second-order valence-corrected chi connectivity index (χ2v) is 3.95. The molecule has 0 aliphatic carbocycles. The topological polar surface area (TPSA) is 44.3 Å². The summed E-state index contributed by atoms with van der Waals surface area (Å²) in [4.78, 5) is 0. The molecule has 1 atom stereocenters. The monoisotopic (exact) mass is 242 g/mol. The largest absolute Gasteiger partial charge is 0.392 e. The first-order valence-corrected chi connectivity index (χ1v) is 5.43. The van der Waals surface area contributed by atoms with Crippen LogP contribution in [0.2, 0.25) is 0 Å². The average Bonchev–Trinajstić information content (AvgIpc) is 2.25. The SMILES string of the molecule is C[C@@H](O)CNC(=S)NCc1ccc(F)cc1. The van der Waals surface area contributed by atoms with Crippen molar-refractivity contribution in [1.82, 2.24) is 10.6 Å². The van der Waals surface area contributed by atoms with E-state index < -0.39 is 6.10 Å². The fourth-order valence-corrected chi connectivity index (χ4v) is 1.24. The highest BCUT2D eigenvalue weighted by molar-refractivity contribution is 7.80. The van der Waals surface area contributed by atoms with Gasteiger partial charge in [0, 0.05) is 13.1 Å². The zero-order chi connectivity index (χ0) is 12.0. The maximum Gasteiger partial charge on any atom is 0.166 e. The number of benzene rings is 1. The molecule has 0 aliphatic heterocycles. The van der Waals surface area contributed by atoms with Gasteiger partial charge in [0.25, 0.3) is 0 Å². The minimum atomic E-state index is -0.439. The second kappa shape index (κ2) is 6.40. The van der Waals surface area contributed by atoms with E-state index in [2.05, 4.69) is 10.6 Å². The van der Waals surface area contributed by atoms with Crippen molar-refractivity contribution in [2.24, 2.45) is 0 Å². The lowest BCUT2D eigenvalue weighted by Gasteiger charge is -2.11. The number of hydrogen-bond donors (Lipinski definition) is 3. The number of thiocarbonyl (C=S) groups is 1. The molecule has 0 aliphatic rings. The Balaban J connectivity index is 2.29. The summed E-state index contributed by atoms with van der Waals surface area (Å²) in [5.74, 6) is -0.251. The van der Waals surface area contributed by atoms with Crippen LogP contribution in [0.4, 0.5) is 4.39 Å². The summed E-state index contributed by atoms with van der Waals surface area (Å²) < 4.78 is 12.6. The van der Waals surface area contributed by atoms with Crippen LogP contribution in [0.1, 0.15) is 12.5 Å². The van der Waals surface area contributed by atoms with Crippen LogP contribution in [0.25, 0.3) is 0 Å². The fourth-order valence-electron chi connectivity index (χ4n) is 1.09. The molecule has 3 N–H and O–H groups in total. The molecule has 1 aromatic rings. The van der Waals surface area contributed by atoms with E-state index in [0.717, 1.165) is 5.56 Å². The van der Waals surface area contributed by atoms with Crippen LogP contribution in [-0.2, 0) is 6.54 Å². The Kier molecular flexibility index (Phi) is 5.14. The smallest absolute Gasteiger partial charge is 0.166 e. The highest BCUT2D eigenvalue weighted by Gasteiger charge is 1.99. The lowest BCUT2D eigenvalue weighted by molar-refractivity contribution is 0.198. The molecule has 3 nitrogen and oxygen atoms in total. The van der Waals surface area contributed by atoms with E-state index in [4.69, 9.17) is 17.3 Å².